The number of ketones is 1. The molecule has 1 fully saturated rings. The predicted molar refractivity (Wildman–Crippen MR) is 78.8 cm³/mol. The Morgan fingerprint density at radius 1 is 1.10 bits per heavy atom. The number of allylic oxidation sites excluding steroid dienone is 1. The predicted octanol–water partition coefficient (Wildman–Crippen LogP) is 3.61. The van der Waals surface area contributed by atoms with Gasteiger partial charge in [0.25, 0.3) is 0 Å². The monoisotopic (exact) mass is 264 g/mol. The summed E-state index contributed by atoms with van der Waals surface area (Å²) in [5, 5.41) is 2.38. The Hall–Kier alpha value is -1.93. The van der Waals surface area contributed by atoms with Crippen molar-refractivity contribution in [2.24, 2.45) is 0 Å². The van der Waals surface area contributed by atoms with Crippen LogP contribution in [-0.4, -0.2) is 18.0 Å². The normalized spacial score (nSPS) is 28.8. The van der Waals surface area contributed by atoms with Crippen molar-refractivity contribution in [2.75, 3.05) is 6.61 Å². The smallest absolute Gasteiger partial charge is 0.166 e. The zero-order valence-corrected chi connectivity index (χ0v) is 11.2. The van der Waals surface area contributed by atoms with Gasteiger partial charge in [0.2, 0.25) is 0 Å². The number of rotatable bonds is 1. The number of ether oxygens (including phenoxy) is 1. The summed E-state index contributed by atoms with van der Waals surface area (Å²) >= 11 is 0. The van der Waals surface area contributed by atoms with E-state index in [-0.39, 0.29) is 17.3 Å². The molecular formula is C18H16O2. The maximum absolute atomic E-state index is 12.3. The fourth-order valence-corrected chi connectivity index (χ4v) is 3.53. The first-order valence-electron chi connectivity index (χ1n) is 7.14. The molecule has 0 radical (unpaired) electrons. The van der Waals surface area contributed by atoms with Gasteiger partial charge in [-0.25, -0.2) is 0 Å². The van der Waals surface area contributed by atoms with E-state index in [1.54, 1.807) is 6.08 Å². The maximum atomic E-state index is 12.3. The minimum atomic E-state index is -0.389. The second-order valence-corrected chi connectivity index (χ2v) is 5.68. The van der Waals surface area contributed by atoms with Crippen LogP contribution in [-0.2, 0) is 9.53 Å². The molecule has 0 bridgehead atoms. The Balaban J connectivity index is 1.83. The van der Waals surface area contributed by atoms with Crippen molar-refractivity contribution >= 4 is 16.6 Å². The van der Waals surface area contributed by atoms with Gasteiger partial charge in [0, 0.05) is 6.61 Å². The SMILES string of the molecule is O=C1C=C[C@]2(CCCO2)[C@@H]1c1ccc2ccccc2c1. The lowest BCUT2D eigenvalue weighted by Crippen LogP contribution is -2.33. The summed E-state index contributed by atoms with van der Waals surface area (Å²) in [5.41, 5.74) is 0.681. The highest BCUT2D eigenvalue weighted by atomic mass is 16.5. The van der Waals surface area contributed by atoms with Crippen LogP contribution >= 0.6 is 0 Å². The van der Waals surface area contributed by atoms with Crippen molar-refractivity contribution in [2.45, 2.75) is 24.4 Å². The largest absolute Gasteiger partial charge is 0.370 e. The molecule has 100 valence electrons. The molecule has 0 N–H and O–H groups in total. The molecule has 20 heavy (non-hydrogen) atoms. The van der Waals surface area contributed by atoms with Crippen molar-refractivity contribution in [1.29, 1.82) is 0 Å². The van der Waals surface area contributed by atoms with Gasteiger partial charge in [0.1, 0.15) is 5.60 Å². The molecule has 0 amide bonds. The van der Waals surface area contributed by atoms with Gasteiger partial charge in [-0.1, -0.05) is 42.5 Å². The van der Waals surface area contributed by atoms with Crippen LogP contribution in [0.15, 0.2) is 54.6 Å². The molecule has 2 aromatic carbocycles. The zero-order chi connectivity index (χ0) is 13.6. The molecule has 0 aromatic heterocycles. The molecule has 1 aliphatic heterocycles. The highest BCUT2D eigenvalue weighted by molar-refractivity contribution is 6.00. The van der Waals surface area contributed by atoms with E-state index in [1.807, 2.05) is 18.2 Å². The molecule has 0 unspecified atom stereocenters. The van der Waals surface area contributed by atoms with Gasteiger partial charge >= 0.3 is 0 Å². The molecule has 2 atom stereocenters. The summed E-state index contributed by atoms with van der Waals surface area (Å²) < 4.78 is 5.94. The number of carbonyl (C=O) groups is 1. The van der Waals surface area contributed by atoms with Crippen LogP contribution < -0.4 is 0 Å². The average Bonchev–Trinajstić information content (AvgIpc) is 3.07. The minimum Gasteiger partial charge on any atom is -0.370 e. The first-order valence-corrected chi connectivity index (χ1v) is 7.14. The Kier molecular flexibility index (Phi) is 2.54. The van der Waals surface area contributed by atoms with Gasteiger partial charge in [-0.3, -0.25) is 4.79 Å². The lowest BCUT2D eigenvalue weighted by atomic mass is 9.81. The fraction of sp³-hybridized carbons (Fsp3) is 0.278. The zero-order valence-electron chi connectivity index (χ0n) is 11.2. The number of benzene rings is 2. The van der Waals surface area contributed by atoms with Crippen molar-refractivity contribution in [3.8, 4) is 0 Å². The van der Waals surface area contributed by atoms with E-state index in [2.05, 4.69) is 30.3 Å². The highest BCUT2D eigenvalue weighted by Gasteiger charge is 2.48. The summed E-state index contributed by atoms with van der Waals surface area (Å²) in [6, 6.07) is 14.5. The number of carbonyl (C=O) groups excluding carboxylic acids is 1. The molecule has 1 saturated heterocycles. The van der Waals surface area contributed by atoms with E-state index < -0.39 is 0 Å². The second kappa shape index (κ2) is 4.29. The summed E-state index contributed by atoms with van der Waals surface area (Å²) in [6.45, 7) is 0.752. The molecule has 1 aliphatic carbocycles. The van der Waals surface area contributed by atoms with Crippen molar-refractivity contribution in [3.05, 3.63) is 60.2 Å². The Morgan fingerprint density at radius 3 is 2.75 bits per heavy atom. The Bertz CT molecular complexity index is 708. The lowest BCUT2D eigenvalue weighted by molar-refractivity contribution is -0.119. The molecule has 2 heteroatoms. The standard InChI is InChI=1S/C18H16O2/c19-16-8-10-18(9-3-11-20-18)17(16)15-7-6-13-4-1-2-5-14(13)12-15/h1-2,4-8,10,12,17H,3,9,11H2/t17-,18-/m1/s1. The number of hydrogen-bond donors (Lipinski definition) is 0. The summed E-state index contributed by atoms with van der Waals surface area (Å²) in [7, 11) is 0. The van der Waals surface area contributed by atoms with Crippen molar-refractivity contribution in [1.82, 2.24) is 0 Å². The quantitative estimate of drug-likeness (QED) is 0.786. The third-order valence-electron chi connectivity index (χ3n) is 4.49. The average molecular weight is 264 g/mol. The number of fused-ring (bicyclic) bond motifs is 1. The van der Waals surface area contributed by atoms with Crippen LogP contribution in [0.2, 0.25) is 0 Å². The molecular weight excluding hydrogens is 248 g/mol. The fourth-order valence-electron chi connectivity index (χ4n) is 3.53. The molecule has 2 aromatic rings. The third kappa shape index (κ3) is 1.65. The van der Waals surface area contributed by atoms with Crippen LogP contribution in [0.5, 0.6) is 0 Å². The topological polar surface area (TPSA) is 26.3 Å². The van der Waals surface area contributed by atoms with E-state index >= 15 is 0 Å². The van der Waals surface area contributed by atoms with Crippen LogP contribution in [0.4, 0.5) is 0 Å². The molecule has 1 spiro atoms. The van der Waals surface area contributed by atoms with Crippen molar-refractivity contribution in [3.63, 3.8) is 0 Å². The Morgan fingerprint density at radius 2 is 1.95 bits per heavy atom. The molecule has 0 saturated carbocycles. The summed E-state index contributed by atoms with van der Waals surface area (Å²) in [6.07, 6.45) is 5.64. The van der Waals surface area contributed by atoms with Crippen LogP contribution in [0, 0.1) is 0 Å². The van der Waals surface area contributed by atoms with Gasteiger partial charge in [0.05, 0.1) is 5.92 Å². The number of hydrogen-bond acceptors (Lipinski definition) is 2. The van der Waals surface area contributed by atoms with Gasteiger partial charge in [0.15, 0.2) is 5.78 Å². The lowest BCUT2D eigenvalue weighted by Gasteiger charge is -2.29. The van der Waals surface area contributed by atoms with E-state index in [9.17, 15) is 4.79 Å². The summed E-state index contributed by atoms with van der Waals surface area (Å²) in [5.74, 6) is -0.00297. The first-order chi connectivity index (χ1) is 9.78. The Labute approximate surface area is 118 Å². The minimum absolute atomic E-state index is 0.169. The van der Waals surface area contributed by atoms with E-state index in [1.165, 1.54) is 10.8 Å². The van der Waals surface area contributed by atoms with Crippen LogP contribution in [0.1, 0.15) is 24.3 Å². The molecule has 4 rings (SSSR count). The van der Waals surface area contributed by atoms with Gasteiger partial charge in [-0.15, -0.1) is 0 Å². The molecule has 2 aliphatic rings. The molecule has 1 heterocycles. The van der Waals surface area contributed by atoms with E-state index in [0.29, 0.717) is 0 Å². The van der Waals surface area contributed by atoms with Crippen LogP contribution in [0.25, 0.3) is 10.8 Å². The van der Waals surface area contributed by atoms with Gasteiger partial charge < -0.3 is 4.74 Å². The third-order valence-corrected chi connectivity index (χ3v) is 4.49. The molecule has 2 nitrogen and oxygen atoms in total. The first kappa shape index (κ1) is 11.9. The second-order valence-electron chi connectivity index (χ2n) is 5.68. The van der Waals surface area contributed by atoms with E-state index in [4.69, 9.17) is 4.74 Å². The maximum Gasteiger partial charge on any atom is 0.166 e. The van der Waals surface area contributed by atoms with E-state index in [0.717, 1.165) is 25.0 Å². The summed E-state index contributed by atoms with van der Waals surface area (Å²) in [4.78, 5) is 12.3. The van der Waals surface area contributed by atoms with Crippen molar-refractivity contribution < 1.29 is 9.53 Å². The highest BCUT2D eigenvalue weighted by Crippen LogP contribution is 2.45. The van der Waals surface area contributed by atoms with Gasteiger partial charge in [-0.2, -0.15) is 0 Å². The van der Waals surface area contributed by atoms with Gasteiger partial charge in [-0.05, 0) is 41.3 Å². The van der Waals surface area contributed by atoms with Crippen LogP contribution in [0.3, 0.4) is 0 Å².